The minimum atomic E-state index is -0.422. The molecule has 7 heteroatoms. The number of hydrogen-bond acceptors (Lipinski definition) is 6. The van der Waals surface area contributed by atoms with E-state index in [9.17, 15) is 9.59 Å². The second kappa shape index (κ2) is 9.43. The predicted octanol–water partition coefficient (Wildman–Crippen LogP) is 6.45. The van der Waals surface area contributed by atoms with Crippen LogP contribution in [0.1, 0.15) is 44.7 Å². The van der Waals surface area contributed by atoms with Crippen molar-refractivity contribution < 1.29 is 18.7 Å². The van der Waals surface area contributed by atoms with Crippen LogP contribution >= 0.6 is 11.8 Å². The summed E-state index contributed by atoms with van der Waals surface area (Å²) in [5.74, 6) is 0.582. The van der Waals surface area contributed by atoms with Gasteiger partial charge in [0, 0.05) is 15.4 Å². The number of fused-ring (bicyclic) bond motifs is 2. The number of carbonyl (C=O) groups is 2. The van der Waals surface area contributed by atoms with Crippen molar-refractivity contribution in [1.82, 2.24) is 4.98 Å². The normalized spacial score (nSPS) is 12.7. The van der Waals surface area contributed by atoms with Crippen molar-refractivity contribution in [1.29, 1.82) is 0 Å². The van der Waals surface area contributed by atoms with Crippen LogP contribution in [0.25, 0.3) is 11.5 Å². The molecule has 0 unspecified atom stereocenters. The Labute approximate surface area is 207 Å². The van der Waals surface area contributed by atoms with Crippen molar-refractivity contribution >= 4 is 29.3 Å². The standard InChI is InChI=1S/C28H24N2O4S/c1-4-33-28(32)19-13-14-25-23(15-19)30(27(31)21-11-7-8-12-24(21)35-25)16-22-18(3)34-26(29-22)20-10-6-5-9-17(20)2/h5-15H,4,16H2,1-3H3. The van der Waals surface area contributed by atoms with Crippen LogP contribution in [0.4, 0.5) is 5.69 Å². The quantitative estimate of drug-likeness (QED) is 0.303. The molecule has 0 saturated heterocycles. The molecule has 0 saturated carbocycles. The molecule has 0 fully saturated rings. The Bertz CT molecular complexity index is 1440. The first-order valence-electron chi connectivity index (χ1n) is 11.4. The summed E-state index contributed by atoms with van der Waals surface area (Å²) in [5.41, 5.74) is 4.27. The maximum atomic E-state index is 13.8. The van der Waals surface area contributed by atoms with Crippen molar-refractivity contribution in [3.05, 3.63) is 94.9 Å². The number of aromatic nitrogens is 1. The van der Waals surface area contributed by atoms with Gasteiger partial charge >= 0.3 is 5.97 Å². The number of nitrogens with zero attached hydrogens (tertiary/aromatic N) is 2. The summed E-state index contributed by atoms with van der Waals surface area (Å²) in [7, 11) is 0. The van der Waals surface area contributed by atoms with Gasteiger partial charge in [-0.15, -0.1) is 0 Å². The highest BCUT2D eigenvalue weighted by Gasteiger charge is 2.30. The Hall–Kier alpha value is -3.84. The van der Waals surface area contributed by atoms with E-state index in [0.29, 0.717) is 34.2 Å². The lowest BCUT2D eigenvalue weighted by atomic mass is 10.1. The van der Waals surface area contributed by atoms with E-state index in [-0.39, 0.29) is 19.1 Å². The fourth-order valence-corrected chi connectivity index (χ4v) is 5.13. The third kappa shape index (κ3) is 4.35. The first kappa shape index (κ1) is 22.9. The minimum absolute atomic E-state index is 0.160. The number of ether oxygens (including phenoxy) is 1. The summed E-state index contributed by atoms with van der Waals surface area (Å²) in [6.45, 7) is 6.11. The highest BCUT2D eigenvalue weighted by molar-refractivity contribution is 7.99. The highest BCUT2D eigenvalue weighted by atomic mass is 32.2. The van der Waals surface area contributed by atoms with Crippen molar-refractivity contribution in [3.8, 4) is 11.5 Å². The number of aryl methyl sites for hydroxylation is 2. The van der Waals surface area contributed by atoms with Gasteiger partial charge < -0.3 is 14.1 Å². The fraction of sp³-hybridized carbons (Fsp3) is 0.179. The lowest BCUT2D eigenvalue weighted by molar-refractivity contribution is 0.0526. The molecule has 6 nitrogen and oxygen atoms in total. The van der Waals surface area contributed by atoms with E-state index in [2.05, 4.69) is 0 Å². The maximum absolute atomic E-state index is 13.8. The van der Waals surface area contributed by atoms with Gasteiger partial charge in [0.15, 0.2) is 0 Å². The zero-order valence-electron chi connectivity index (χ0n) is 19.7. The molecule has 0 bridgehead atoms. The molecule has 3 aromatic carbocycles. The second-order valence-electron chi connectivity index (χ2n) is 8.23. The lowest BCUT2D eigenvalue weighted by Gasteiger charge is -2.23. The van der Waals surface area contributed by atoms with Crippen LogP contribution in [-0.2, 0) is 11.3 Å². The average Bonchev–Trinajstić information content (AvgIpc) is 3.17. The Balaban J connectivity index is 1.60. The summed E-state index contributed by atoms with van der Waals surface area (Å²) < 4.78 is 11.2. The Morgan fingerprint density at radius 1 is 1.00 bits per heavy atom. The summed E-state index contributed by atoms with van der Waals surface area (Å²) in [4.78, 5) is 34.4. The Morgan fingerprint density at radius 3 is 2.51 bits per heavy atom. The molecular weight excluding hydrogens is 460 g/mol. The number of anilines is 1. The Kier molecular flexibility index (Phi) is 6.17. The molecule has 1 aliphatic heterocycles. The molecule has 176 valence electrons. The van der Waals surface area contributed by atoms with Crippen LogP contribution in [-0.4, -0.2) is 23.5 Å². The molecule has 0 aliphatic carbocycles. The van der Waals surface area contributed by atoms with Gasteiger partial charge in [-0.25, -0.2) is 9.78 Å². The first-order chi connectivity index (χ1) is 17.0. The van der Waals surface area contributed by atoms with Crippen LogP contribution in [0, 0.1) is 13.8 Å². The van der Waals surface area contributed by atoms with E-state index in [1.165, 1.54) is 11.8 Å². The first-order valence-corrected chi connectivity index (χ1v) is 12.2. The number of amides is 1. The van der Waals surface area contributed by atoms with Gasteiger partial charge in [-0.1, -0.05) is 42.1 Å². The van der Waals surface area contributed by atoms with Crippen molar-refractivity contribution in [2.75, 3.05) is 11.5 Å². The number of rotatable bonds is 5. The van der Waals surface area contributed by atoms with E-state index in [1.54, 1.807) is 24.0 Å². The number of hydrogen-bond donors (Lipinski definition) is 0. The van der Waals surface area contributed by atoms with Gasteiger partial charge in [-0.2, -0.15) is 0 Å². The molecule has 1 amide bonds. The maximum Gasteiger partial charge on any atom is 0.338 e. The molecule has 0 radical (unpaired) electrons. The number of carbonyl (C=O) groups excluding carboxylic acids is 2. The summed E-state index contributed by atoms with van der Waals surface area (Å²) in [5, 5.41) is 0. The smallest absolute Gasteiger partial charge is 0.338 e. The molecule has 1 aromatic heterocycles. The van der Waals surface area contributed by atoms with Gasteiger partial charge in [0.05, 0.1) is 30.0 Å². The topological polar surface area (TPSA) is 72.6 Å². The van der Waals surface area contributed by atoms with Crippen LogP contribution < -0.4 is 4.90 Å². The van der Waals surface area contributed by atoms with Crippen LogP contribution in [0.15, 0.2) is 80.9 Å². The average molecular weight is 485 g/mol. The van der Waals surface area contributed by atoms with Crippen LogP contribution in [0.2, 0.25) is 0 Å². The van der Waals surface area contributed by atoms with Crippen molar-refractivity contribution in [3.63, 3.8) is 0 Å². The number of oxazole rings is 1. The third-order valence-electron chi connectivity index (χ3n) is 5.92. The van der Waals surface area contributed by atoms with E-state index < -0.39 is 5.97 Å². The largest absolute Gasteiger partial charge is 0.462 e. The summed E-state index contributed by atoms with van der Waals surface area (Å²) >= 11 is 1.50. The zero-order valence-corrected chi connectivity index (χ0v) is 20.5. The number of benzene rings is 3. The summed E-state index contributed by atoms with van der Waals surface area (Å²) in [6, 6.07) is 20.7. The minimum Gasteiger partial charge on any atom is -0.462 e. The van der Waals surface area contributed by atoms with Crippen molar-refractivity contribution in [2.24, 2.45) is 0 Å². The fourth-order valence-electron chi connectivity index (χ4n) is 4.07. The molecule has 5 rings (SSSR count). The molecule has 4 aromatic rings. The predicted molar refractivity (Wildman–Crippen MR) is 135 cm³/mol. The molecule has 0 spiro atoms. The van der Waals surface area contributed by atoms with Gasteiger partial charge in [-0.05, 0) is 62.7 Å². The van der Waals surface area contributed by atoms with Gasteiger partial charge in [0.1, 0.15) is 11.5 Å². The molecule has 1 aliphatic rings. The molecule has 35 heavy (non-hydrogen) atoms. The zero-order chi connectivity index (χ0) is 24.5. The molecular formula is C28H24N2O4S. The third-order valence-corrected chi connectivity index (χ3v) is 7.06. The monoisotopic (exact) mass is 484 g/mol. The van der Waals surface area contributed by atoms with Crippen LogP contribution in [0.5, 0.6) is 0 Å². The highest BCUT2D eigenvalue weighted by Crippen LogP contribution is 2.42. The second-order valence-corrected chi connectivity index (χ2v) is 9.31. The Morgan fingerprint density at radius 2 is 1.74 bits per heavy atom. The van der Waals surface area contributed by atoms with E-state index >= 15 is 0 Å². The van der Waals surface area contributed by atoms with E-state index in [0.717, 1.165) is 20.9 Å². The SMILES string of the molecule is CCOC(=O)c1ccc2c(c1)N(Cc1nc(-c3ccccc3C)oc1C)C(=O)c1ccccc1S2. The van der Waals surface area contributed by atoms with Crippen LogP contribution in [0.3, 0.4) is 0 Å². The molecule has 0 atom stereocenters. The van der Waals surface area contributed by atoms with Gasteiger partial charge in [-0.3, -0.25) is 4.79 Å². The number of esters is 1. The molecule has 0 N–H and O–H groups in total. The van der Waals surface area contributed by atoms with E-state index in [4.69, 9.17) is 14.1 Å². The van der Waals surface area contributed by atoms with Gasteiger partial charge in [0.2, 0.25) is 5.89 Å². The summed E-state index contributed by atoms with van der Waals surface area (Å²) in [6.07, 6.45) is 0. The lowest BCUT2D eigenvalue weighted by Crippen LogP contribution is -2.31. The molecule has 2 heterocycles. The van der Waals surface area contributed by atoms with Gasteiger partial charge in [0.25, 0.3) is 5.91 Å². The van der Waals surface area contributed by atoms with Crippen molar-refractivity contribution in [2.45, 2.75) is 37.1 Å². The van der Waals surface area contributed by atoms with E-state index in [1.807, 2.05) is 68.4 Å².